The van der Waals surface area contributed by atoms with Crippen molar-refractivity contribution in [3.05, 3.63) is 23.8 Å². The maximum atomic E-state index is 13.5. The summed E-state index contributed by atoms with van der Waals surface area (Å²) in [4.78, 5) is 14.1. The highest BCUT2D eigenvalue weighted by Gasteiger charge is 2.35. The van der Waals surface area contributed by atoms with Crippen LogP contribution in [-0.4, -0.2) is 45.4 Å². The van der Waals surface area contributed by atoms with Crippen LogP contribution in [0.4, 0.5) is 24.5 Å². The van der Waals surface area contributed by atoms with Crippen LogP contribution in [0, 0.1) is 5.92 Å². The van der Waals surface area contributed by atoms with Crippen LogP contribution in [0.15, 0.2) is 18.2 Å². The summed E-state index contributed by atoms with van der Waals surface area (Å²) in [5.41, 5.74) is -0.530. The third-order valence-electron chi connectivity index (χ3n) is 4.53. The van der Waals surface area contributed by atoms with Crippen molar-refractivity contribution < 1.29 is 27.4 Å². The number of hydrogen-bond acceptors (Lipinski definition) is 4. The van der Waals surface area contributed by atoms with Crippen LogP contribution < -0.4 is 10.2 Å². The number of carbonyl (C=O) groups is 1. The van der Waals surface area contributed by atoms with E-state index in [9.17, 15) is 18.0 Å². The lowest BCUT2D eigenvalue weighted by atomic mass is 9.99. The summed E-state index contributed by atoms with van der Waals surface area (Å²) in [6, 6.07) is 4.05. The number of nitrogens with zero attached hydrogens (tertiary/aromatic N) is 1. The Kier molecular flexibility index (Phi) is 5.48. The molecule has 0 radical (unpaired) electrons. The first-order chi connectivity index (χ1) is 11.9. The molecule has 0 spiro atoms. The van der Waals surface area contributed by atoms with Gasteiger partial charge in [0.15, 0.2) is 0 Å². The maximum absolute atomic E-state index is 13.5. The Morgan fingerprint density at radius 3 is 2.36 bits per heavy atom. The van der Waals surface area contributed by atoms with Gasteiger partial charge in [0.2, 0.25) is 5.91 Å². The predicted molar refractivity (Wildman–Crippen MR) is 86.6 cm³/mol. The zero-order valence-corrected chi connectivity index (χ0v) is 13.8. The summed E-state index contributed by atoms with van der Waals surface area (Å²) in [6.45, 7) is 2.99. The Balaban J connectivity index is 1.81. The van der Waals surface area contributed by atoms with Crippen molar-refractivity contribution in [3.8, 4) is 0 Å². The third-order valence-corrected chi connectivity index (χ3v) is 4.53. The molecule has 5 nitrogen and oxygen atoms in total. The number of nitrogens with one attached hydrogen (secondary N) is 1. The molecule has 2 aliphatic rings. The maximum Gasteiger partial charge on any atom is 0.418 e. The fraction of sp³-hybridized carbons (Fsp3) is 0.588. The monoisotopic (exact) mass is 358 g/mol. The summed E-state index contributed by atoms with van der Waals surface area (Å²) in [5.74, 6) is -0.693. The zero-order chi connectivity index (χ0) is 17.9. The van der Waals surface area contributed by atoms with Crippen molar-refractivity contribution in [2.75, 3.05) is 49.7 Å². The largest absolute Gasteiger partial charge is 0.418 e. The van der Waals surface area contributed by atoms with Crippen LogP contribution in [0.2, 0.25) is 0 Å². The van der Waals surface area contributed by atoms with Gasteiger partial charge in [0.1, 0.15) is 0 Å². The molecule has 3 rings (SSSR count). The van der Waals surface area contributed by atoms with E-state index in [1.807, 2.05) is 4.90 Å². The van der Waals surface area contributed by atoms with E-state index >= 15 is 0 Å². The number of morpholine rings is 1. The number of hydrogen-bond donors (Lipinski definition) is 1. The summed E-state index contributed by atoms with van der Waals surface area (Å²) < 4.78 is 50.8. The molecule has 0 bridgehead atoms. The number of carbonyl (C=O) groups excluding carboxylic acids is 1. The first-order valence-corrected chi connectivity index (χ1v) is 8.38. The first kappa shape index (κ1) is 18.0. The van der Waals surface area contributed by atoms with E-state index in [4.69, 9.17) is 9.47 Å². The molecule has 1 amide bonds. The summed E-state index contributed by atoms with van der Waals surface area (Å²) in [5, 5.41) is 2.46. The van der Waals surface area contributed by atoms with Gasteiger partial charge in [-0.05, 0) is 31.0 Å². The molecule has 2 heterocycles. The fourth-order valence-electron chi connectivity index (χ4n) is 3.09. The first-order valence-electron chi connectivity index (χ1n) is 8.38. The highest BCUT2D eigenvalue weighted by molar-refractivity contribution is 5.93. The Hall–Kier alpha value is -1.80. The smallest absolute Gasteiger partial charge is 0.381 e. The predicted octanol–water partition coefficient (Wildman–Crippen LogP) is 2.91. The van der Waals surface area contributed by atoms with E-state index in [1.165, 1.54) is 6.07 Å². The lowest BCUT2D eigenvalue weighted by Gasteiger charge is -2.30. The van der Waals surface area contributed by atoms with Crippen LogP contribution in [0.5, 0.6) is 0 Å². The number of alkyl halides is 3. The highest BCUT2D eigenvalue weighted by Crippen LogP contribution is 2.38. The summed E-state index contributed by atoms with van der Waals surface area (Å²) >= 11 is 0. The van der Waals surface area contributed by atoms with Crippen LogP contribution in [0.25, 0.3) is 0 Å². The van der Waals surface area contributed by atoms with Gasteiger partial charge < -0.3 is 19.7 Å². The average Bonchev–Trinajstić information content (AvgIpc) is 2.62. The van der Waals surface area contributed by atoms with E-state index in [0.29, 0.717) is 58.0 Å². The molecule has 138 valence electrons. The van der Waals surface area contributed by atoms with Gasteiger partial charge in [-0.25, -0.2) is 0 Å². The Morgan fingerprint density at radius 2 is 1.72 bits per heavy atom. The van der Waals surface area contributed by atoms with Crippen molar-refractivity contribution in [1.82, 2.24) is 0 Å². The number of halogens is 3. The molecule has 0 unspecified atom stereocenters. The zero-order valence-electron chi connectivity index (χ0n) is 13.8. The second kappa shape index (κ2) is 7.61. The van der Waals surface area contributed by atoms with Gasteiger partial charge in [0, 0.05) is 37.9 Å². The number of amides is 1. The molecule has 2 saturated heterocycles. The van der Waals surface area contributed by atoms with Crippen molar-refractivity contribution in [2.45, 2.75) is 19.0 Å². The molecule has 1 N–H and O–H groups in total. The van der Waals surface area contributed by atoms with Crippen LogP contribution in [0.3, 0.4) is 0 Å². The van der Waals surface area contributed by atoms with Crippen molar-refractivity contribution in [3.63, 3.8) is 0 Å². The molecule has 0 saturated carbocycles. The molecular formula is C17H21F3N2O3. The van der Waals surface area contributed by atoms with Crippen LogP contribution in [0.1, 0.15) is 18.4 Å². The van der Waals surface area contributed by atoms with Crippen molar-refractivity contribution >= 4 is 17.3 Å². The minimum Gasteiger partial charge on any atom is -0.381 e. The van der Waals surface area contributed by atoms with E-state index in [-0.39, 0.29) is 17.5 Å². The Bertz CT molecular complexity index is 610. The molecule has 1 aromatic carbocycles. The topological polar surface area (TPSA) is 50.8 Å². The molecule has 25 heavy (non-hydrogen) atoms. The molecule has 0 aliphatic carbocycles. The molecule has 0 aromatic heterocycles. The van der Waals surface area contributed by atoms with Crippen molar-refractivity contribution in [1.29, 1.82) is 0 Å². The van der Waals surface area contributed by atoms with Gasteiger partial charge in [-0.3, -0.25) is 4.79 Å². The summed E-state index contributed by atoms with van der Waals surface area (Å²) in [7, 11) is 0. The second-order valence-electron chi connectivity index (χ2n) is 6.20. The molecule has 2 aliphatic heterocycles. The molecular weight excluding hydrogens is 337 g/mol. The standard InChI is InChI=1S/C17H21F3N2O3/c18-17(19,20)14-11-13(22-5-9-25-10-6-22)1-2-15(14)21-16(23)12-3-7-24-8-4-12/h1-2,11-12H,3-10H2,(H,21,23). The van der Waals surface area contributed by atoms with E-state index in [1.54, 1.807) is 6.07 Å². The van der Waals surface area contributed by atoms with Crippen molar-refractivity contribution in [2.24, 2.45) is 5.92 Å². The van der Waals surface area contributed by atoms with Gasteiger partial charge in [-0.1, -0.05) is 0 Å². The minimum atomic E-state index is -4.54. The molecule has 8 heteroatoms. The summed E-state index contributed by atoms with van der Waals surface area (Å²) in [6.07, 6.45) is -3.49. The highest BCUT2D eigenvalue weighted by atomic mass is 19.4. The quantitative estimate of drug-likeness (QED) is 0.903. The third kappa shape index (κ3) is 4.43. The average molecular weight is 358 g/mol. The number of anilines is 2. The van der Waals surface area contributed by atoms with Gasteiger partial charge in [0.25, 0.3) is 0 Å². The minimum absolute atomic E-state index is 0.194. The Morgan fingerprint density at radius 1 is 1.08 bits per heavy atom. The normalized spacial score (nSPS) is 19.7. The van der Waals surface area contributed by atoms with E-state index in [0.717, 1.165) is 6.07 Å². The van der Waals surface area contributed by atoms with Gasteiger partial charge in [0.05, 0.1) is 24.5 Å². The van der Waals surface area contributed by atoms with Gasteiger partial charge >= 0.3 is 6.18 Å². The lowest BCUT2D eigenvalue weighted by Crippen LogP contribution is -2.36. The van der Waals surface area contributed by atoms with Crippen LogP contribution >= 0.6 is 0 Å². The van der Waals surface area contributed by atoms with Gasteiger partial charge in [-0.15, -0.1) is 0 Å². The SMILES string of the molecule is O=C(Nc1ccc(N2CCOCC2)cc1C(F)(F)F)C1CCOCC1. The lowest BCUT2D eigenvalue weighted by molar-refractivity contribution is -0.137. The Labute approximate surface area is 144 Å². The fourth-order valence-corrected chi connectivity index (χ4v) is 3.09. The molecule has 0 atom stereocenters. The second-order valence-corrected chi connectivity index (χ2v) is 6.20. The molecule has 1 aromatic rings. The van der Waals surface area contributed by atoms with E-state index in [2.05, 4.69) is 5.32 Å². The molecule has 2 fully saturated rings. The van der Waals surface area contributed by atoms with Crippen LogP contribution in [-0.2, 0) is 20.4 Å². The number of ether oxygens (including phenoxy) is 2. The van der Waals surface area contributed by atoms with E-state index < -0.39 is 11.7 Å². The van der Waals surface area contributed by atoms with Gasteiger partial charge in [-0.2, -0.15) is 13.2 Å². The number of benzene rings is 1. The number of rotatable bonds is 3.